The summed E-state index contributed by atoms with van der Waals surface area (Å²) in [6, 6.07) is 7.91. The zero-order valence-corrected chi connectivity index (χ0v) is 16.9. The second-order valence-corrected chi connectivity index (χ2v) is 10.5. The zero-order valence-electron chi connectivity index (χ0n) is 16.1. The van der Waals surface area contributed by atoms with Gasteiger partial charge in [0.05, 0.1) is 12.1 Å². The summed E-state index contributed by atoms with van der Waals surface area (Å²) in [5.41, 5.74) is 0.821. The van der Waals surface area contributed by atoms with Crippen LogP contribution in [0.3, 0.4) is 0 Å². The fraction of sp³-hybridized carbons (Fsp3) is 0.300. The number of carbonyl (C=O) groups excluding carboxylic acids is 1. The van der Waals surface area contributed by atoms with Crippen LogP contribution in [0.2, 0.25) is 0 Å². The quantitative estimate of drug-likeness (QED) is 0.616. The third-order valence-electron chi connectivity index (χ3n) is 6.18. The minimum absolute atomic E-state index is 0.0959. The molecule has 3 unspecified atom stereocenters. The summed E-state index contributed by atoms with van der Waals surface area (Å²) in [4.78, 5) is 25.1. The Morgan fingerprint density at radius 2 is 1.70 bits per heavy atom. The van der Waals surface area contributed by atoms with Crippen LogP contribution < -0.4 is 0 Å². The Labute approximate surface area is 172 Å². The minimum Gasteiger partial charge on any atom is -0.480 e. The van der Waals surface area contributed by atoms with Gasteiger partial charge in [-0.2, -0.15) is 0 Å². The van der Waals surface area contributed by atoms with Gasteiger partial charge in [-0.05, 0) is 37.3 Å². The van der Waals surface area contributed by atoms with Crippen LogP contribution >= 0.6 is 0 Å². The molecule has 0 spiro atoms. The van der Waals surface area contributed by atoms with E-state index in [0.29, 0.717) is 5.82 Å². The lowest BCUT2D eigenvalue weighted by atomic mass is 9.96. The maximum Gasteiger partial charge on any atom is 0.328 e. The molecule has 156 valence electrons. The summed E-state index contributed by atoms with van der Waals surface area (Å²) in [6.45, 7) is 1.34. The van der Waals surface area contributed by atoms with E-state index in [2.05, 4.69) is 0 Å². The Bertz CT molecular complexity index is 1240. The van der Waals surface area contributed by atoms with E-state index in [-0.39, 0.29) is 13.0 Å². The van der Waals surface area contributed by atoms with Crippen LogP contribution in [0.25, 0.3) is 11.5 Å². The second-order valence-electron chi connectivity index (χ2n) is 7.89. The lowest BCUT2D eigenvalue weighted by Crippen LogP contribution is -2.58. The predicted molar refractivity (Wildman–Crippen MR) is 107 cm³/mol. The molecule has 1 amide bonds. The van der Waals surface area contributed by atoms with E-state index in [0.717, 1.165) is 10.6 Å². The van der Waals surface area contributed by atoms with Crippen molar-refractivity contribution in [3.63, 3.8) is 0 Å². The van der Waals surface area contributed by atoms with Gasteiger partial charge in [0.25, 0.3) is 0 Å². The summed E-state index contributed by atoms with van der Waals surface area (Å²) >= 11 is 0. The molecule has 0 saturated carbocycles. The van der Waals surface area contributed by atoms with E-state index in [1.807, 2.05) is 64.3 Å². The molecule has 9 nitrogen and oxygen atoms in total. The van der Waals surface area contributed by atoms with Gasteiger partial charge in [-0.1, -0.05) is 0 Å². The molecule has 3 atom stereocenters. The topological polar surface area (TPSA) is 107 Å². The number of aliphatic carboxylic acids is 1. The fourth-order valence-electron chi connectivity index (χ4n) is 4.66. The molecule has 2 saturated heterocycles. The molecule has 2 aliphatic rings. The van der Waals surface area contributed by atoms with Gasteiger partial charge in [-0.15, -0.1) is 0 Å². The van der Waals surface area contributed by atoms with E-state index in [1.165, 1.54) is 6.92 Å². The maximum atomic E-state index is 13.3. The number of carbonyl (C=O) groups is 2. The van der Waals surface area contributed by atoms with Crippen molar-refractivity contribution in [3.8, 4) is 11.5 Å². The Morgan fingerprint density at radius 1 is 1.10 bits per heavy atom. The van der Waals surface area contributed by atoms with Gasteiger partial charge < -0.3 is 23.7 Å². The lowest BCUT2D eigenvalue weighted by molar-refractivity contribution is -0.157. The predicted octanol–water partition coefficient (Wildman–Crippen LogP) is 1.27. The van der Waals surface area contributed by atoms with Crippen LogP contribution in [0.1, 0.15) is 13.3 Å². The van der Waals surface area contributed by atoms with Crippen molar-refractivity contribution in [2.75, 3.05) is 0 Å². The van der Waals surface area contributed by atoms with Gasteiger partial charge in [0.15, 0.2) is 15.9 Å². The highest BCUT2D eigenvalue weighted by Gasteiger charge is 2.70. The van der Waals surface area contributed by atoms with Crippen molar-refractivity contribution in [1.82, 2.24) is 18.6 Å². The highest BCUT2D eigenvalue weighted by atomic mass is 32.2. The number of rotatable bonds is 5. The fourth-order valence-corrected chi connectivity index (χ4v) is 7.03. The smallest absolute Gasteiger partial charge is 0.328 e. The molecule has 0 aromatic carbocycles. The SMILES string of the molecule is CC1(Cn2ccc(-n3cccc3)c2-n2cccc2)C(C(=O)O)N2C(=O)CC2S1(=O)=O. The zero-order chi connectivity index (χ0) is 21.3. The van der Waals surface area contributed by atoms with Gasteiger partial charge in [0, 0.05) is 37.5 Å². The standard InChI is InChI=1S/C20H20N4O5S/c1-20(17(19(26)27)24-15(25)12-16(24)30(20,28)29)13-23-11-6-14(21-7-2-3-8-21)18(23)22-9-4-5-10-22/h2-11,16-17H,12-13H2,1H3,(H,26,27). The number of nitrogens with zero attached hydrogens (tertiary/aromatic N) is 4. The van der Waals surface area contributed by atoms with Crippen molar-refractivity contribution in [2.45, 2.75) is 36.1 Å². The Morgan fingerprint density at radius 3 is 2.27 bits per heavy atom. The monoisotopic (exact) mass is 428 g/mol. The molecule has 30 heavy (non-hydrogen) atoms. The number of amides is 1. The minimum atomic E-state index is -3.90. The van der Waals surface area contributed by atoms with Crippen molar-refractivity contribution < 1.29 is 23.1 Å². The van der Waals surface area contributed by atoms with E-state index >= 15 is 0 Å². The molecular formula is C20H20N4O5S. The third kappa shape index (κ3) is 2.30. The highest BCUT2D eigenvalue weighted by molar-refractivity contribution is 7.93. The molecule has 3 aromatic heterocycles. The summed E-state index contributed by atoms with van der Waals surface area (Å²) in [5, 5.41) is 8.77. The third-order valence-corrected chi connectivity index (χ3v) is 8.94. The average Bonchev–Trinajstić information content (AvgIpc) is 3.44. The Balaban J connectivity index is 1.65. The van der Waals surface area contributed by atoms with Crippen LogP contribution in [0.4, 0.5) is 0 Å². The van der Waals surface area contributed by atoms with E-state index in [1.54, 1.807) is 10.8 Å². The first-order chi connectivity index (χ1) is 14.3. The number of fused-ring (bicyclic) bond motifs is 1. The molecule has 0 radical (unpaired) electrons. The molecule has 2 aliphatic heterocycles. The molecule has 0 aliphatic carbocycles. The van der Waals surface area contributed by atoms with Gasteiger partial charge in [0.1, 0.15) is 15.9 Å². The maximum absolute atomic E-state index is 13.3. The Kier molecular flexibility index (Phi) is 3.82. The van der Waals surface area contributed by atoms with Crippen LogP contribution in [0, 0.1) is 0 Å². The summed E-state index contributed by atoms with van der Waals surface area (Å²) in [7, 11) is -3.90. The number of hydrogen-bond acceptors (Lipinski definition) is 4. The van der Waals surface area contributed by atoms with Crippen molar-refractivity contribution >= 4 is 21.7 Å². The normalized spacial score (nSPS) is 27.1. The number of sulfone groups is 1. The molecular weight excluding hydrogens is 408 g/mol. The summed E-state index contributed by atoms with van der Waals surface area (Å²) < 4.78 is 30.4. The summed E-state index contributed by atoms with van der Waals surface area (Å²) in [5.74, 6) is -1.04. The van der Waals surface area contributed by atoms with Gasteiger partial charge in [0.2, 0.25) is 5.91 Å². The van der Waals surface area contributed by atoms with Crippen LogP contribution in [0.15, 0.2) is 61.3 Å². The number of carboxylic acids is 1. The van der Waals surface area contributed by atoms with Crippen LogP contribution in [-0.2, 0) is 26.0 Å². The first-order valence-electron chi connectivity index (χ1n) is 9.49. The molecule has 10 heteroatoms. The number of aromatic nitrogens is 3. The average molecular weight is 428 g/mol. The van der Waals surface area contributed by atoms with E-state index in [9.17, 15) is 23.1 Å². The number of β-lactam (4-membered cyclic amide) rings is 1. The van der Waals surface area contributed by atoms with E-state index in [4.69, 9.17) is 0 Å². The van der Waals surface area contributed by atoms with Crippen molar-refractivity contribution in [1.29, 1.82) is 0 Å². The van der Waals surface area contributed by atoms with Gasteiger partial charge in [-0.3, -0.25) is 4.79 Å². The highest BCUT2D eigenvalue weighted by Crippen LogP contribution is 2.47. The molecule has 5 heterocycles. The number of hydrogen-bond donors (Lipinski definition) is 1. The summed E-state index contributed by atoms with van der Waals surface area (Å²) in [6.07, 6.45) is 9.04. The van der Waals surface area contributed by atoms with Crippen LogP contribution in [-0.4, -0.2) is 60.2 Å². The largest absolute Gasteiger partial charge is 0.480 e. The molecule has 0 bridgehead atoms. The van der Waals surface area contributed by atoms with E-state index < -0.39 is 37.9 Å². The molecule has 3 aromatic rings. The first-order valence-corrected chi connectivity index (χ1v) is 11.0. The first kappa shape index (κ1) is 18.7. The van der Waals surface area contributed by atoms with Crippen LogP contribution in [0.5, 0.6) is 0 Å². The lowest BCUT2D eigenvalue weighted by Gasteiger charge is -2.35. The molecule has 2 fully saturated rings. The molecule has 1 N–H and O–H groups in total. The van der Waals surface area contributed by atoms with Gasteiger partial charge >= 0.3 is 5.97 Å². The second kappa shape index (κ2) is 6.11. The molecule has 5 rings (SSSR count). The van der Waals surface area contributed by atoms with Crippen molar-refractivity contribution in [2.24, 2.45) is 0 Å². The Hall–Kier alpha value is -3.27. The number of carboxylic acid groups (broad SMARTS) is 1. The van der Waals surface area contributed by atoms with Gasteiger partial charge in [-0.25, -0.2) is 13.2 Å². The van der Waals surface area contributed by atoms with Crippen molar-refractivity contribution in [3.05, 3.63) is 61.3 Å².